The number of aryl methyl sites for hydroxylation is 1. The molecular weight excluding hydrogens is 168 g/mol. The van der Waals surface area contributed by atoms with E-state index in [-0.39, 0.29) is 5.75 Å². The molecule has 13 heavy (non-hydrogen) atoms. The van der Waals surface area contributed by atoms with E-state index in [1.807, 2.05) is 19.1 Å². The molecule has 0 atom stereocenters. The van der Waals surface area contributed by atoms with Gasteiger partial charge in [0.2, 0.25) is 0 Å². The quantitative estimate of drug-likeness (QED) is 0.726. The molecule has 0 spiro atoms. The van der Waals surface area contributed by atoms with Crippen LogP contribution in [-0.4, -0.2) is 19.3 Å². The number of hydrogen-bond acceptors (Lipinski definition) is 3. The van der Waals surface area contributed by atoms with E-state index in [0.29, 0.717) is 0 Å². The van der Waals surface area contributed by atoms with Gasteiger partial charge in [-0.05, 0) is 18.6 Å². The second-order valence-corrected chi connectivity index (χ2v) is 2.85. The van der Waals surface area contributed by atoms with Crippen LogP contribution in [0.2, 0.25) is 0 Å². The van der Waals surface area contributed by atoms with Gasteiger partial charge in [-0.1, -0.05) is 12.1 Å². The van der Waals surface area contributed by atoms with Crippen LogP contribution in [0.5, 0.6) is 5.75 Å². The van der Waals surface area contributed by atoms with Crippen molar-refractivity contribution in [2.24, 2.45) is 0 Å². The Morgan fingerprint density at radius 3 is 2.31 bits per heavy atom. The van der Waals surface area contributed by atoms with Crippen LogP contribution in [0.25, 0.3) is 0 Å². The highest BCUT2D eigenvalue weighted by Crippen LogP contribution is 2.24. The van der Waals surface area contributed by atoms with Gasteiger partial charge in [-0.15, -0.1) is 0 Å². The zero-order valence-corrected chi connectivity index (χ0v) is 8.07. The van der Waals surface area contributed by atoms with Crippen LogP contribution in [0.15, 0.2) is 18.2 Å². The van der Waals surface area contributed by atoms with E-state index in [4.69, 9.17) is 9.47 Å². The van der Waals surface area contributed by atoms with Crippen LogP contribution >= 0.6 is 0 Å². The van der Waals surface area contributed by atoms with Crippen molar-refractivity contribution < 1.29 is 14.6 Å². The lowest BCUT2D eigenvalue weighted by molar-refractivity contribution is -0.106. The molecule has 1 rings (SSSR count). The van der Waals surface area contributed by atoms with Gasteiger partial charge in [0.25, 0.3) is 0 Å². The Hall–Kier alpha value is -1.06. The lowest BCUT2D eigenvalue weighted by Gasteiger charge is -2.14. The maximum atomic E-state index is 9.43. The SMILES string of the molecule is COC(OC)c1ccc(C)c(O)c1. The molecule has 3 heteroatoms. The van der Waals surface area contributed by atoms with Crippen molar-refractivity contribution in [1.29, 1.82) is 0 Å². The van der Waals surface area contributed by atoms with Gasteiger partial charge in [-0.2, -0.15) is 0 Å². The fourth-order valence-corrected chi connectivity index (χ4v) is 1.14. The molecule has 1 aromatic carbocycles. The Balaban J connectivity index is 2.95. The maximum Gasteiger partial charge on any atom is 0.183 e. The summed E-state index contributed by atoms with van der Waals surface area (Å²) in [6.45, 7) is 1.84. The molecular formula is C10H14O3. The topological polar surface area (TPSA) is 38.7 Å². The summed E-state index contributed by atoms with van der Waals surface area (Å²) in [6, 6.07) is 5.34. The molecule has 0 heterocycles. The van der Waals surface area contributed by atoms with Gasteiger partial charge in [0.15, 0.2) is 6.29 Å². The minimum atomic E-state index is -0.411. The summed E-state index contributed by atoms with van der Waals surface area (Å²) < 4.78 is 10.1. The predicted molar refractivity (Wildman–Crippen MR) is 49.6 cm³/mol. The molecule has 72 valence electrons. The average molecular weight is 182 g/mol. The standard InChI is InChI=1S/C10H14O3/c1-7-4-5-8(6-9(7)11)10(12-2)13-3/h4-6,10-11H,1-3H3. The summed E-state index contributed by atoms with van der Waals surface area (Å²) >= 11 is 0. The smallest absolute Gasteiger partial charge is 0.183 e. The lowest BCUT2D eigenvalue weighted by atomic mass is 10.1. The zero-order valence-electron chi connectivity index (χ0n) is 8.07. The van der Waals surface area contributed by atoms with Crippen molar-refractivity contribution in [2.75, 3.05) is 14.2 Å². The molecule has 0 bridgehead atoms. The molecule has 1 aromatic rings. The summed E-state index contributed by atoms with van der Waals surface area (Å²) in [5, 5.41) is 9.43. The summed E-state index contributed by atoms with van der Waals surface area (Å²) in [7, 11) is 3.12. The van der Waals surface area contributed by atoms with E-state index >= 15 is 0 Å². The van der Waals surface area contributed by atoms with Gasteiger partial charge < -0.3 is 14.6 Å². The number of hydrogen-bond donors (Lipinski definition) is 1. The molecule has 0 aliphatic rings. The molecule has 0 saturated carbocycles. The van der Waals surface area contributed by atoms with E-state index in [0.717, 1.165) is 11.1 Å². The van der Waals surface area contributed by atoms with Crippen molar-refractivity contribution in [2.45, 2.75) is 13.2 Å². The minimum absolute atomic E-state index is 0.261. The van der Waals surface area contributed by atoms with Gasteiger partial charge in [0.1, 0.15) is 5.75 Å². The molecule has 1 N–H and O–H groups in total. The molecule has 0 fully saturated rings. The maximum absolute atomic E-state index is 9.43. The Morgan fingerprint density at radius 1 is 1.23 bits per heavy atom. The van der Waals surface area contributed by atoms with Crippen LogP contribution in [-0.2, 0) is 9.47 Å². The van der Waals surface area contributed by atoms with Crippen LogP contribution < -0.4 is 0 Å². The van der Waals surface area contributed by atoms with Gasteiger partial charge in [-0.3, -0.25) is 0 Å². The Morgan fingerprint density at radius 2 is 1.85 bits per heavy atom. The van der Waals surface area contributed by atoms with Crippen molar-refractivity contribution in [3.05, 3.63) is 29.3 Å². The normalized spacial score (nSPS) is 10.8. The number of ether oxygens (including phenoxy) is 2. The van der Waals surface area contributed by atoms with E-state index < -0.39 is 6.29 Å². The van der Waals surface area contributed by atoms with Crippen LogP contribution in [0.1, 0.15) is 17.4 Å². The van der Waals surface area contributed by atoms with Gasteiger partial charge in [-0.25, -0.2) is 0 Å². The van der Waals surface area contributed by atoms with E-state index in [1.165, 1.54) is 0 Å². The first-order valence-electron chi connectivity index (χ1n) is 4.04. The molecule has 0 amide bonds. The van der Waals surface area contributed by atoms with E-state index in [9.17, 15) is 5.11 Å². The second kappa shape index (κ2) is 4.25. The number of benzene rings is 1. The predicted octanol–water partition coefficient (Wildman–Crippen LogP) is 1.99. The highest BCUT2D eigenvalue weighted by Gasteiger charge is 2.09. The number of phenolic OH excluding ortho intramolecular Hbond substituents is 1. The minimum Gasteiger partial charge on any atom is -0.508 e. The van der Waals surface area contributed by atoms with Crippen molar-refractivity contribution in [1.82, 2.24) is 0 Å². The molecule has 0 unspecified atom stereocenters. The van der Waals surface area contributed by atoms with E-state index in [1.54, 1.807) is 20.3 Å². The van der Waals surface area contributed by atoms with Crippen LogP contribution in [0.4, 0.5) is 0 Å². The number of phenols is 1. The first-order valence-corrected chi connectivity index (χ1v) is 4.04. The van der Waals surface area contributed by atoms with E-state index in [2.05, 4.69) is 0 Å². The molecule has 0 aliphatic carbocycles. The fourth-order valence-electron chi connectivity index (χ4n) is 1.14. The Labute approximate surface area is 77.9 Å². The highest BCUT2D eigenvalue weighted by molar-refractivity contribution is 5.35. The van der Waals surface area contributed by atoms with Crippen molar-refractivity contribution in [3.63, 3.8) is 0 Å². The molecule has 0 saturated heterocycles. The van der Waals surface area contributed by atoms with Gasteiger partial charge in [0, 0.05) is 19.8 Å². The molecule has 0 aromatic heterocycles. The second-order valence-electron chi connectivity index (χ2n) is 2.85. The number of methoxy groups -OCH3 is 2. The van der Waals surface area contributed by atoms with Crippen molar-refractivity contribution in [3.8, 4) is 5.75 Å². The Kier molecular flexibility index (Phi) is 3.28. The number of aromatic hydroxyl groups is 1. The summed E-state index contributed by atoms with van der Waals surface area (Å²) in [5.41, 5.74) is 1.66. The molecule has 0 radical (unpaired) electrons. The highest BCUT2D eigenvalue weighted by atomic mass is 16.7. The Bertz CT molecular complexity index is 279. The summed E-state index contributed by atoms with van der Waals surface area (Å²) in [6.07, 6.45) is -0.411. The first-order chi connectivity index (χ1) is 6.19. The fraction of sp³-hybridized carbons (Fsp3) is 0.400. The first kappa shape index (κ1) is 10.0. The average Bonchev–Trinajstić information content (AvgIpc) is 2.13. The summed E-state index contributed by atoms with van der Waals surface area (Å²) in [5.74, 6) is 0.261. The zero-order chi connectivity index (χ0) is 9.84. The number of rotatable bonds is 3. The van der Waals surface area contributed by atoms with Crippen LogP contribution in [0.3, 0.4) is 0 Å². The van der Waals surface area contributed by atoms with Crippen LogP contribution in [0, 0.1) is 6.92 Å². The third-order valence-corrected chi connectivity index (χ3v) is 1.93. The monoisotopic (exact) mass is 182 g/mol. The largest absolute Gasteiger partial charge is 0.508 e. The summed E-state index contributed by atoms with van der Waals surface area (Å²) in [4.78, 5) is 0. The molecule has 3 nitrogen and oxygen atoms in total. The van der Waals surface area contributed by atoms with Crippen molar-refractivity contribution >= 4 is 0 Å². The third-order valence-electron chi connectivity index (χ3n) is 1.93. The van der Waals surface area contributed by atoms with Gasteiger partial charge in [0.05, 0.1) is 0 Å². The molecule has 0 aliphatic heterocycles. The van der Waals surface area contributed by atoms with Gasteiger partial charge >= 0.3 is 0 Å². The third kappa shape index (κ3) is 2.20. The lowest BCUT2D eigenvalue weighted by Crippen LogP contribution is -2.03.